The Bertz CT molecular complexity index is 337. The summed E-state index contributed by atoms with van der Waals surface area (Å²) in [5, 5.41) is 3.61. The van der Waals surface area contributed by atoms with Crippen molar-refractivity contribution in [1.29, 1.82) is 0 Å². The van der Waals surface area contributed by atoms with Crippen molar-refractivity contribution in [3.63, 3.8) is 0 Å². The van der Waals surface area contributed by atoms with Gasteiger partial charge in [-0.1, -0.05) is 23.7 Å². The Labute approximate surface area is 101 Å². The normalized spacial score (nSPS) is 12.2. The van der Waals surface area contributed by atoms with Gasteiger partial charge < -0.3 is 11.1 Å². The molecule has 16 heavy (non-hydrogen) atoms. The second-order valence-corrected chi connectivity index (χ2v) is 4.17. The van der Waals surface area contributed by atoms with Gasteiger partial charge in [0.1, 0.15) is 0 Å². The maximum absolute atomic E-state index is 11.1. The zero-order chi connectivity index (χ0) is 12.0. The molecule has 88 valence electrons. The molecule has 0 aliphatic carbocycles. The first kappa shape index (κ1) is 13.0. The van der Waals surface area contributed by atoms with Crippen molar-refractivity contribution in [2.75, 3.05) is 6.54 Å². The molecule has 0 spiro atoms. The Morgan fingerprint density at radius 1 is 1.44 bits per heavy atom. The minimum Gasteiger partial charge on any atom is -0.350 e. The summed E-state index contributed by atoms with van der Waals surface area (Å²) in [6.45, 7) is 2.15. The lowest BCUT2D eigenvalue weighted by atomic mass is 10.0. The molecule has 0 saturated heterocycles. The highest BCUT2D eigenvalue weighted by molar-refractivity contribution is 6.30. The number of hydrogen-bond donors (Lipinski definition) is 2. The molecule has 0 fully saturated rings. The molecule has 0 aliphatic rings. The van der Waals surface area contributed by atoms with Crippen LogP contribution in [0.15, 0.2) is 24.3 Å². The van der Waals surface area contributed by atoms with E-state index in [4.69, 9.17) is 17.3 Å². The quantitative estimate of drug-likeness (QED) is 0.830. The van der Waals surface area contributed by atoms with Crippen molar-refractivity contribution < 1.29 is 4.79 Å². The Morgan fingerprint density at radius 2 is 2.06 bits per heavy atom. The zero-order valence-electron chi connectivity index (χ0n) is 9.37. The average Bonchev–Trinajstić information content (AvgIpc) is 2.25. The molecule has 0 aromatic heterocycles. The van der Waals surface area contributed by atoms with Gasteiger partial charge in [0.25, 0.3) is 0 Å². The predicted molar refractivity (Wildman–Crippen MR) is 66.3 cm³/mol. The first-order chi connectivity index (χ1) is 7.63. The van der Waals surface area contributed by atoms with Crippen LogP contribution in [0.25, 0.3) is 0 Å². The van der Waals surface area contributed by atoms with Gasteiger partial charge in [0.2, 0.25) is 5.91 Å². The highest BCUT2D eigenvalue weighted by Gasteiger charge is 2.11. The van der Waals surface area contributed by atoms with Gasteiger partial charge in [-0.25, -0.2) is 0 Å². The van der Waals surface area contributed by atoms with E-state index in [1.165, 1.54) is 6.92 Å². The molecular formula is C12H17ClN2O. The number of rotatable bonds is 5. The summed E-state index contributed by atoms with van der Waals surface area (Å²) < 4.78 is 0. The van der Waals surface area contributed by atoms with E-state index in [9.17, 15) is 4.79 Å². The van der Waals surface area contributed by atoms with Crippen LogP contribution in [-0.4, -0.2) is 12.5 Å². The van der Waals surface area contributed by atoms with Gasteiger partial charge in [-0.05, 0) is 37.1 Å². The van der Waals surface area contributed by atoms with Crippen molar-refractivity contribution in [2.24, 2.45) is 5.73 Å². The van der Waals surface area contributed by atoms with Crippen molar-refractivity contribution in [2.45, 2.75) is 25.8 Å². The lowest BCUT2D eigenvalue weighted by Crippen LogP contribution is -2.26. The molecule has 0 heterocycles. The first-order valence-electron chi connectivity index (χ1n) is 5.36. The van der Waals surface area contributed by atoms with Crippen LogP contribution in [0.2, 0.25) is 5.02 Å². The van der Waals surface area contributed by atoms with E-state index >= 15 is 0 Å². The van der Waals surface area contributed by atoms with Gasteiger partial charge in [0, 0.05) is 11.9 Å². The molecule has 0 bridgehead atoms. The van der Waals surface area contributed by atoms with Crippen molar-refractivity contribution in [3.8, 4) is 0 Å². The van der Waals surface area contributed by atoms with Gasteiger partial charge in [-0.2, -0.15) is 0 Å². The molecule has 3 nitrogen and oxygen atoms in total. The number of hydrogen-bond acceptors (Lipinski definition) is 2. The van der Waals surface area contributed by atoms with Crippen LogP contribution in [0.1, 0.15) is 31.4 Å². The van der Waals surface area contributed by atoms with Crippen LogP contribution in [0.4, 0.5) is 0 Å². The fourth-order valence-electron chi connectivity index (χ4n) is 1.58. The van der Waals surface area contributed by atoms with Gasteiger partial charge in [-0.15, -0.1) is 0 Å². The number of halogens is 1. The van der Waals surface area contributed by atoms with Crippen LogP contribution in [0, 0.1) is 0 Å². The number of carbonyl (C=O) groups excluding carboxylic acids is 1. The Hall–Kier alpha value is -1.06. The lowest BCUT2D eigenvalue weighted by Gasteiger charge is -2.18. The lowest BCUT2D eigenvalue weighted by molar-refractivity contribution is -0.119. The average molecular weight is 241 g/mol. The molecular weight excluding hydrogens is 224 g/mol. The predicted octanol–water partition coefficient (Wildman–Crippen LogP) is 2.26. The molecule has 1 unspecified atom stereocenters. The number of carbonyl (C=O) groups is 1. The number of nitrogens with two attached hydrogens (primary N) is 1. The molecule has 0 radical (unpaired) electrons. The summed E-state index contributed by atoms with van der Waals surface area (Å²) in [6, 6.07) is 7.54. The largest absolute Gasteiger partial charge is 0.350 e. The van der Waals surface area contributed by atoms with E-state index < -0.39 is 0 Å². The van der Waals surface area contributed by atoms with E-state index in [1.807, 2.05) is 24.3 Å². The van der Waals surface area contributed by atoms with Gasteiger partial charge in [-0.3, -0.25) is 4.79 Å². The Morgan fingerprint density at radius 3 is 2.56 bits per heavy atom. The summed E-state index contributed by atoms with van der Waals surface area (Å²) in [4.78, 5) is 11.1. The molecule has 1 amide bonds. The molecule has 1 aromatic carbocycles. The van der Waals surface area contributed by atoms with E-state index in [0.717, 1.165) is 18.4 Å². The summed E-state index contributed by atoms with van der Waals surface area (Å²) in [5.74, 6) is -0.0306. The molecule has 4 heteroatoms. The van der Waals surface area contributed by atoms with Gasteiger partial charge >= 0.3 is 0 Å². The molecule has 0 aliphatic heterocycles. The summed E-state index contributed by atoms with van der Waals surface area (Å²) >= 11 is 5.82. The zero-order valence-corrected chi connectivity index (χ0v) is 10.1. The fraction of sp³-hybridized carbons (Fsp3) is 0.417. The topological polar surface area (TPSA) is 55.1 Å². The molecule has 1 rings (SSSR count). The van der Waals surface area contributed by atoms with Gasteiger partial charge in [0.05, 0.1) is 6.04 Å². The monoisotopic (exact) mass is 240 g/mol. The second kappa shape index (κ2) is 6.51. The van der Waals surface area contributed by atoms with Crippen molar-refractivity contribution >= 4 is 17.5 Å². The standard InChI is InChI=1S/C12H17ClN2O/c1-9(16)15-12(3-2-8-14)10-4-6-11(13)7-5-10/h4-7,12H,2-3,8,14H2,1H3,(H,15,16). The smallest absolute Gasteiger partial charge is 0.217 e. The summed E-state index contributed by atoms with van der Waals surface area (Å²) in [7, 11) is 0. The highest BCUT2D eigenvalue weighted by Crippen LogP contribution is 2.20. The molecule has 1 aromatic rings. The maximum Gasteiger partial charge on any atom is 0.217 e. The Kier molecular flexibility index (Phi) is 5.29. The van der Waals surface area contributed by atoms with E-state index in [-0.39, 0.29) is 11.9 Å². The maximum atomic E-state index is 11.1. The van der Waals surface area contributed by atoms with E-state index in [2.05, 4.69) is 5.32 Å². The first-order valence-corrected chi connectivity index (χ1v) is 5.74. The second-order valence-electron chi connectivity index (χ2n) is 3.74. The third-order valence-electron chi connectivity index (χ3n) is 2.35. The summed E-state index contributed by atoms with van der Waals surface area (Å²) in [6.07, 6.45) is 1.73. The SMILES string of the molecule is CC(=O)NC(CCCN)c1ccc(Cl)cc1. The van der Waals surface area contributed by atoms with E-state index in [0.29, 0.717) is 11.6 Å². The van der Waals surface area contributed by atoms with Crippen LogP contribution in [0.3, 0.4) is 0 Å². The number of amides is 1. The van der Waals surface area contributed by atoms with Crippen molar-refractivity contribution in [3.05, 3.63) is 34.9 Å². The third kappa shape index (κ3) is 4.21. The number of benzene rings is 1. The van der Waals surface area contributed by atoms with E-state index in [1.54, 1.807) is 0 Å². The number of nitrogens with one attached hydrogen (secondary N) is 1. The minimum absolute atomic E-state index is 0.0262. The third-order valence-corrected chi connectivity index (χ3v) is 2.60. The highest BCUT2D eigenvalue weighted by atomic mass is 35.5. The van der Waals surface area contributed by atoms with Crippen LogP contribution in [-0.2, 0) is 4.79 Å². The molecule has 1 atom stereocenters. The summed E-state index contributed by atoms with van der Waals surface area (Å²) in [5.41, 5.74) is 6.54. The fourth-order valence-corrected chi connectivity index (χ4v) is 1.71. The van der Waals surface area contributed by atoms with Crippen LogP contribution >= 0.6 is 11.6 Å². The molecule has 0 saturated carbocycles. The van der Waals surface area contributed by atoms with Crippen molar-refractivity contribution in [1.82, 2.24) is 5.32 Å². The minimum atomic E-state index is -0.0306. The molecule has 3 N–H and O–H groups in total. The van der Waals surface area contributed by atoms with Crippen LogP contribution in [0.5, 0.6) is 0 Å². The van der Waals surface area contributed by atoms with Gasteiger partial charge in [0.15, 0.2) is 0 Å². The van der Waals surface area contributed by atoms with Crippen LogP contribution < -0.4 is 11.1 Å². The Balaban J connectivity index is 2.74.